The molecule has 0 saturated heterocycles. The second-order valence-electron chi connectivity index (χ2n) is 3.62. The van der Waals surface area contributed by atoms with Crippen LogP contribution in [-0.4, -0.2) is 12.0 Å². The van der Waals surface area contributed by atoms with Crippen LogP contribution in [0.3, 0.4) is 0 Å². The first-order chi connectivity index (χ1) is 7.13. The molecule has 0 aliphatic heterocycles. The van der Waals surface area contributed by atoms with Crippen LogP contribution >= 0.6 is 0 Å². The summed E-state index contributed by atoms with van der Waals surface area (Å²) in [5, 5.41) is 3.23. The molecule has 0 aromatic heterocycles. The molecule has 0 atom stereocenters. The van der Waals surface area contributed by atoms with Gasteiger partial charge in [-0.15, -0.1) is 0 Å². The summed E-state index contributed by atoms with van der Waals surface area (Å²) in [7, 11) is 0. The monoisotopic (exact) mass is 207 g/mol. The van der Waals surface area contributed by atoms with E-state index in [0.717, 1.165) is 5.69 Å². The van der Waals surface area contributed by atoms with Gasteiger partial charge < -0.3 is 10.1 Å². The smallest absolute Gasteiger partial charge is 0.310 e. The maximum absolute atomic E-state index is 11.2. The van der Waals surface area contributed by atoms with Gasteiger partial charge in [0.2, 0.25) is 0 Å². The van der Waals surface area contributed by atoms with Crippen LogP contribution in [0.15, 0.2) is 24.3 Å². The zero-order valence-corrected chi connectivity index (χ0v) is 9.41. The number of benzene rings is 1. The molecule has 3 heteroatoms. The van der Waals surface area contributed by atoms with E-state index in [2.05, 4.69) is 5.32 Å². The quantitative estimate of drug-likeness (QED) is 0.609. The minimum Gasteiger partial charge on any atom is -0.424 e. The Morgan fingerprint density at radius 3 is 2.67 bits per heavy atom. The van der Waals surface area contributed by atoms with Crippen molar-refractivity contribution in [1.29, 1.82) is 0 Å². The zero-order valence-electron chi connectivity index (χ0n) is 9.41. The summed E-state index contributed by atoms with van der Waals surface area (Å²) >= 11 is 0. The molecule has 0 spiro atoms. The van der Waals surface area contributed by atoms with Gasteiger partial charge >= 0.3 is 5.97 Å². The lowest BCUT2D eigenvalue weighted by atomic mass is 10.2. The van der Waals surface area contributed by atoms with Crippen molar-refractivity contribution in [2.24, 2.45) is 0 Å². The first-order valence-corrected chi connectivity index (χ1v) is 5.19. The second-order valence-corrected chi connectivity index (χ2v) is 3.62. The van der Waals surface area contributed by atoms with E-state index < -0.39 is 0 Å². The molecule has 15 heavy (non-hydrogen) atoms. The standard InChI is InChI=1S/C12H17NO2/c1-4-12(14)15-11-8-6-5-7-10(11)13-9(2)3/h5-9,13H,4H2,1-3H3. The molecule has 0 aliphatic rings. The van der Waals surface area contributed by atoms with Crippen molar-refractivity contribution in [1.82, 2.24) is 0 Å². The van der Waals surface area contributed by atoms with E-state index in [1.807, 2.05) is 32.0 Å². The molecule has 0 aliphatic carbocycles. The van der Waals surface area contributed by atoms with Crippen molar-refractivity contribution >= 4 is 11.7 Å². The summed E-state index contributed by atoms with van der Waals surface area (Å²) in [5.41, 5.74) is 0.856. The van der Waals surface area contributed by atoms with Gasteiger partial charge in [0.1, 0.15) is 0 Å². The van der Waals surface area contributed by atoms with Crippen LogP contribution in [0.25, 0.3) is 0 Å². The first kappa shape index (κ1) is 11.6. The normalized spacial score (nSPS) is 10.1. The summed E-state index contributed by atoms with van der Waals surface area (Å²) in [6.45, 7) is 5.86. The van der Waals surface area contributed by atoms with Crippen molar-refractivity contribution < 1.29 is 9.53 Å². The van der Waals surface area contributed by atoms with Crippen molar-refractivity contribution in [2.75, 3.05) is 5.32 Å². The lowest BCUT2D eigenvalue weighted by molar-refractivity contribution is -0.133. The molecule has 0 radical (unpaired) electrons. The third kappa shape index (κ3) is 3.62. The van der Waals surface area contributed by atoms with E-state index in [4.69, 9.17) is 4.74 Å². The van der Waals surface area contributed by atoms with E-state index >= 15 is 0 Å². The molecule has 3 nitrogen and oxygen atoms in total. The molecule has 0 bridgehead atoms. The van der Waals surface area contributed by atoms with E-state index in [-0.39, 0.29) is 5.97 Å². The molecular weight excluding hydrogens is 190 g/mol. The molecule has 82 valence electrons. The predicted octanol–water partition coefficient (Wildman–Crippen LogP) is 2.82. The molecule has 0 saturated carbocycles. The maximum Gasteiger partial charge on any atom is 0.310 e. The fourth-order valence-corrected chi connectivity index (χ4v) is 1.18. The molecule has 0 unspecified atom stereocenters. The molecule has 0 heterocycles. The number of carbonyl (C=O) groups excluding carboxylic acids is 1. The largest absolute Gasteiger partial charge is 0.424 e. The average Bonchev–Trinajstić information content (AvgIpc) is 2.20. The summed E-state index contributed by atoms with van der Waals surface area (Å²) < 4.78 is 5.19. The van der Waals surface area contributed by atoms with Crippen molar-refractivity contribution in [3.05, 3.63) is 24.3 Å². The van der Waals surface area contributed by atoms with Gasteiger partial charge in [-0.2, -0.15) is 0 Å². The molecule has 1 aromatic rings. The Hall–Kier alpha value is -1.51. The molecule has 0 amide bonds. The van der Waals surface area contributed by atoms with Gasteiger partial charge in [-0.1, -0.05) is 19.1 Å². The van der Waals surface area contributed by atoms with E-state index in [9.17, 15) is 4.79 Å². The lowest BCUT2D eigenvalue weighted by Gasteiger charge is -2.13. The van der Waals surface area contributed by atoms with Crippen molar-refractivity contribution in [3.63, 3.8) is 0 Å². The Labute approximate surface area is 90.4 Å². The lowest BCUT2D eigenvalue weighted by Crippen LogP contribution is -2.13. The number of ether oxygens (including phenoxy) is 1. The fraction of sp³-hybridized carbons (Fsp3) is 0.417. The van der Waals surface area contributed by atoms with Gasteiger partial charge in [-0.25, -0.2) is 0 Å². The minimum atomic E-state index is -0.215. The van der Waals surface area contributed by atoms with Gasteiger partial charge in [0.05, 0.1) is 5.69 Å². The Kier molecular flexibility index (Phi) is 4.16. The first-order valence-electron chi connectivity index (χ1n) is 5.19. The van der Waals surface area contributed by atoms with E-state index in [1.165, 1.54) is 0 Å². The highest BCUT2D eigenvalue weighted by Gasteiger charge is 2.07. The van der Waals surface area contributed by atoms with Gasteiger partial charge in [-0.3, -0.25) is 4.79 Å². The number of hydrogen-bond acceptors (Lipinski definition) is 3. The van der Waals surface area contributed by atoms with Gasteiger partial charge in [0, 0.05) is 12.5 Å². The zero-order chi connectivity index (χ0) is 11.3. The van der Waals surface area contributed by atoms with Gasteiger partial charge in [0.15, 0.2) is 5.75 Å². The highest BCUT2D eigenvalue weighted by Crippen LogP contribution is 2.24. The van der Waals surface area contributed by atoms with E-state index in [1.54, 1.807) is 13.0 Å². The van der Waals surface area contributed by atoms with Crippen LogP contribution in [-0.2, 0) is 4.79 Å². The number of anilines is 1. The fourth-order valence-electron chi connectivity index (χ4n) is 1.18. The predicted molar refractivity (Wildman–Crippen MR) is 61.1 cm³/mol. The molecule has 1 N–H and O–H groups in total. The third-order valence-electron chi connectivity index (χ3n) is 1.84. The summed E-state index contributed by atoms with van der Waals surface area (Å²) in [6, 6.07) is 7.76. The SMILES string of the molecule is CCC(=O)Oc1ccccc1NC(C)C. The van der Waals surface area contributed by atoms with Gasteiger partial charge in [0.25, 0.3) is 0 Å². The van der Waals surface area contributed by atoms with Crippen LogP contribution in [0.4, 0.5) is 5.69 Å². The Bertz CT molecular complexity index is 334. The summed E-state index contributed by atoms with van der Waals surface area (Å²) in [6.07, 6.45) is 0.385. The molecule has 0 fully saturated rings. The Morgan fingerprint density at radius 1 is 1.40 bits per heavy atom. The number of carbonyl (C=O) groups is 1. The third-order valence-corrected chi connectivity index (χ3v) is 1.84. The second kappa shape index (κ2) is 5.39. The van der Waals surface area contributed by atoms with Crippen molar-refractivity contribution in [3.8, 4) is 5.75 Å². The Morgan fingerprint density at radius 2 is 2.07 bits per heavy atom. The topological polar surface area (TPSA) is 38.3 Å². The van der Waals surface area contributed by atoms with E-state index in [0.29, 0.717) is 18.2 Å². The van der Waals surface area contributed by atoms with Crippen LogP contribution < -0.4 is 10.1 Å². The number of para-hydroxylation sites is 2. The van der Waals surface area contributed by atoms with Crippen LogP contribution in [0.1, 0.15) is 27.2 Å². The van der Waals surface area contributed by atoms with Crippen LogP contribution in [0.2, 0.25) is 0 Å². The Balaban J connectivity index is 2.81. The molecule has 1 aromatic carbocycles. The van der Waals surface area contributed by atoms with Crippen LogP contribution in [0.5, 0.6) is 5.75 Å². The van der Waals surface area contributed by atoms with Crippen LogP contribution in [0, 0.1) is 0 Å². The number of nitrogens with one attached hydrogen (secondary N) is 1. The molecular formula is C12H17NO2. The maximum atomic E-state index is 11.2. The minimum absolute atomic E-state index is 0.215. The highest BCUT2D eigenvalue weighted by molar-refractivity contribution is 5.74. The summed E-state index contributed by atoms with van der Waals surface area (Å²) in [4.78, 5) is 11.2. The summed E-state index contributed by atoms with van der Waals surface area (Å²) in [5.74, 6) is 0.381. The molecule has 1 rings (SSSR count). The highest BCUT2D eigenvalue weighted by atomic mass is 16.5. The number of rotatable bonds is 4. The van der Waals surface area contributed by atoms with Crippen molar-refractivity contribution in [2.45, 2.75) is 33.2 Å². The average molecular weight is 207 g/mol. The number of esters is 1. The number of hydrogen-bond donors (Lipinski definition) is 1. The van der Waals surface area contributed by atoms with Gasteiger partial charge in [-0.05, 0) is 26.0 Å².